The molecule has 0 aromatic heterocycles. The summed E-state index contributed by atoms with van der Waals surface area (Å²) in [6.07, 6.45) is 1.33. The topological polar surface area (TPSA) is 44.5 Å². The smallest absolute Gasteiger partial charge is 0.161 e. The standard InChI is InChI=1S/C14H21NO2S/c1-10(5-6-15)11-3-4-13(14(7-11)16-2)17-12-8-18-9-12/h3-4,7,10,12H,5-6,8-9,15H2,1-2H3. The van der Waals surface area contributed by atoms with Crippen LogP contribution >= 0.6 is 11.8 Å². The number of methoxy groups -OCH3 is 1. The second kappa shape index (κ2) is 6.34. The van der Waals surface area contributed by atoms with E-state index in [1.807, 2.05) is 17.8 Å². The Morgan fingerprint density at radius 3 is 2.72 bits per heavy atom. The number of nitrogens with two attached hydrogens (primary N) is 1. The Morgan fingerprint density at radius 1 is 1.39 bits per heavy atom. The highest BCUT2D eigenvalue weighted by molar-refractivity contribution is 8.00. The quantitative estimate of drug-likeness (QED) is 0.860. The van der Waals surface area contributed by atoms with Gasteiger partial charge in [0.05, 0.1) is 7.11 Å². The van der Waals surface area contributed by atoms with Crippen LogP contribution in [0.2, 0.25) is 0 Å². The molecule has 1 aromatic rings. The molecule has 18 heavy (non-hydrogen) atoms. The van der Waals surface area contributed by atoms with Crippen molar-refractivity contribution in [2.45, 2.75) is 25.4 Å². The number of hydrogen-bond acceptors (Lipinski definition) is 4. The van der Waals surface area contributed by atoms with Gasteiger partial charge in [0.15, 0.2) is 11.5 Å². The normalized spacial score (nSPS) is 17.1. The number of rotatable bonds is 6. The Morgan fingerprint density at radius 2 is 2.17 bits per heavy atom. The number of benzene rings is 1. The second-order valence-electron chi connectivity index (χ2n) is 4.67. The lowest BCUT2D eigenvalue weighted by Crippen LogP contribution is -2.31. The molecular formula is C14H21NO2S. The molecule has 2 rings (SSSR count). The SMILES string of the molecule is COc1cc(C(C)CCN)ccc1OC1CSC1. The zero-order valence-corrected chi connectivity index (χ0v) is 11.8. The van der Waals surface area contributed by atoms with Gasteiger partial charge in [0.2, 0.25) is 0 Å². The maximum Gasteiger partial charge on any atom is 0.161 e. The van der Waals surface area contributed by atoms with Crippen LogP contribution < -0.4 is 15.2 Å². The highest BCUT2D eigenvalue weighted by atomic mass is 32.2. The summed E-state index contributed by atoms with van der Waals surface area (Å²) < 4.78 is 11.3. The third kappa shape index (κ3) is 3.12. The minimum atomic E-state index is 0.344. The summed E-state index contributed by atoms with van der Waals surface area (Å²) in [5.74, 6) is 4.29. The lowest BCUT2D eigenvalue weighted by atomic mass is 9.97. The monoisotopic (exact) mass is 267 g/mol. The molecule has 1 saturated heterocycles. The Bertz CT molecular complexity index is 393. The lowest BCUT2D eigenvalue weighted by molar-refractivity contribution is 0.228. The molecule has 100 valence electrons. The highest BCUT2D eigenvalue weighted by Crippen LogP contribution is 2.34. The fourth-order valence-electron chi connectivity index (χ4n) is 1.97. The van der Waals surface area contributed by atoms with Gasteiger partial charge >= 0.3 is 0 Å². The molecule has 1 aliphatic rings. The summed E-state index contributed by atoms with van der Waals surface area (Å²) >= 11 is 1.91. The first kappa shape index (κ1) is 13.6. The van der Waals surface area contributed by atoms with E-state index in [-0.39, 0.29) is 0 Å². The van der Waals surface area contributed by atoms with Crippen molar-refractivity contribution in [2.75, 3.05) is 25.2 Å². The third-order valence-electron chi connectivity index (χ3n) is 3.26. The van der Waals surface area contributed by atoms with E-state index in [9.17, 15) is 0 Å². The van der Waals surface area contributed by atoms with Crippen molar-refractivity contribution in [3.05, 3.63) is 23.8 Å². The summed E-state index contributed by atoms with van der Waals surface area (Å²) in [6.45, 7) is 2.89. The Kier molecular flexibility index (Phi) is 4.78. The van der Waals surface area contributed by atoms with Crippen LogP contribution in [0.1, 0.15) is 24.8 Å². The molecule has 1 unspecified atom stereocenters. The summed E-state index contributed by atoms with van der Waals surface area (Å²) in [5.41, 5.74) is 6.86. The molecule has 1 heterocycles. The van der Waals surface area contributed by atoms with E-state index in [4.69, 9.17) is 15.2 Å². The van der Waals surface area contributed by atoms with Crippen LogP contribution in [0.15, 0.2) is 18.2 Å². The second-order valence-corrected chi connectivity index (χ2v) is 5.74. The molecule has 0 radical (unpaired) electrons. The van der Waals surface area contributed by atoms with E-state index in [1.54, 1.807) is 7.11 Å². The minimum Gasteiger partial charge on any atom is -0.493 e. The van der Waals surface area contributed by atoms with Gasteiger partial charge in [0.1, 0.15) is 6.10 Å². The Hall–Kier alpha value is -0.870. The molecule has 0 bridgehead atoms. The van der Waals surface area contributed by atoms with Gasteiger partial charge < -0.3 is 15.2 Å². The van der Waals surface area contributed by atoms with Crippen molar-refractivity contribution >= 4 is 11.8 Å². The molecule has 0 amide bonds. The molecule has 0 spiro atoms. The van der Waals surface area contributed by atoms with Crippen LogP contribution in [0.4, 0.5) is 0 Å². The fraction of sp³-hybridized carbons (Fsp3) is 0.571. The predicted octanol–water partition coefficient (Wildman–Crippen LogP) is 2.64. The summed E-state index contributed by atoms with van der Waals surface area (Å²) in [4.78, 5) is 0. The van der Waals surface area contributed by atoms with Crippen LogP contribution in [0.5, 0.6) is 11.5 Å². The van der Waals surface area contributed by atoms with Gasteiger partial charge in [0, 0.05) is 11.5 Å². The molecule has 0 aliphatic carbocycles. The molecular weight excluding hydrogens is 246 g/mol. The van der Waals surface area contributed by atoms with E-state index in [2.05, 4.69) is 19.1 Å². The predicted molar refractivity (Wildman–Crippen MR) is 76.8 cm³/mol. The van der Waals surface area contributed by atoms with Gasteiger partial charge in [-0.25, -0.2) is 0 Å². The fourth-order valence-corrected chi connectivity index (χ4v) is 2.53. The van der Waals surface area contributed by atoms with E-state index in [1.165, 1.54) is 5.56 Å². The van der Waals surface area contributed by atoms with Gasteiger partial charge in [-0.2, -0.15) is 11.8 Å². The summed E-state index contributed by atoms with van der Waals surface area (Å²) in [7, 11) is 1.69. The first-order valence-corrected chi connectivity index (χ1v) is 7.52. The van der Waals surface area contributed by atoms with Crippen molar-refractivity contribution in [1.82, 2.24) is 0 Å². The van der Waals surface area contributed by atoms with Crippen molar-refractivity contribution in [2.24, 2.45) is 5.73 Å². The first-order valence-electron chi connectivity index (χ1n) is 6.37. The van der Waals surface area contributed by atoms with Crippen LogP contribution in [-0.4, -0.2) is 31.3 Å². The van der Waals surface area contributed by atoms with Crippen molar-refractivity contribution < 1.29 is 9.47 Å². The number of hydrogen-bond donors (Lipinski definition) is 1. The van der Waals surface area contributed by atoms with E-state index >= 15 is 0 Å². The zero-order chi connectivity index (χ0) is 13.0. The minimum absolute atomic E-state index is 0.344. The molecule has 1 aliphatic heterocycles. The summed E-state index contributed by atoms with van der Waals surface area (Å²) in [6, 6.07) is 6.20. The van der Waals surface area contributed by atoms with E-state index in [0.717, 1.165) is 29.4 Å². The average Bonchev–Trinajstić information content (AvgIpc) is 2.34. The van der Waals surface area contributed by atoms with Crippen molar-refractivity contribution in [1.29, 1.82) is 0 Å². The van der Waals surface area contributed by atoms with Crippen LogP contribution in [0.3, 0.4) is 0 Å². The molecule has 0 saturated carbocycles. The molecule has 3 nitrogen and oxygen atoms in total. The van der Waals surface area contributed by atoms with Crippen LogP contribution in [0.25, 0.3) is 0 Å². The lowest BCUT2D eigenvalue weighted by Gasteiger charge is -2.27. The maximum atomic E-state index is 5.90. The molecule has 1 atom stereocenters. The van der Waals surface area contributed by atoms with E-state index in [0.29, 0.717) is 18.6 Å². The van der Waals surface area contributed by atoms with Gasteiger partial charge in [0.25, 0.3) is 0 Å². The molecule has 2 N–H and O–H groups in total. The van der Waals surface area contributed by atoms with Gasteiger partial charge in [-0.3, -0.25) is 0 Å². The van der Waals surface area contributed by atoms with Crippen LogP contribution in [0, 0.1) is 0 Å². The van der Waals surface area contributed by atoms with Gasteiger partial charge in [-0.15, -0.1) is 0 Å². The third-order valence-corrected chi connectivity index (χ3v) is 4.47. The molecule has 4 heteroatoms. The zero-order valence-electron chi connectivity index (χ0n) is 11.0. The highest BCUT2D eigenvalue weighted by Gasteiger charge is 2.21. The van der Waals surface area contributed by atoms with Crippen molar-refractivity contribution in [3.8, 4) is 11.5 Å². The summed E-state index contributed by atoms with van der Waals surface area (Å²) in [5, 5.41) is 0. The van der Waals surface area contributed by atoms with Crippen molar-refractivity contribution in [3.63, 3.8) is 0 Å². The number of ether oxygens (including phenoxy) is 2. The van der Waals surface area contributed by atoms with Crippen LogP contribution in [-0.2, 0) is 0 Å². The van der Waals surface area contributed by atoms with Gasteiger partial charge in [-0.05, 0) is 36.6 Å². The molecule has 1 aromatic carbocycles. The number of thioether (sulfide) groups is 1. The average molecular weight is 267 g/mol. The first-order chi connectivity index (χ1) is 8.74. The maximum absolute atomic E-state index is 5.90. The Balaban J connectivity index is 2.11. The van der Waals surface area contributed by atoms with Gasteiger partial charge in [-0.1, -0.05) is 13.0 Å². The molecule has 1 fully saturated rings. The largest absolute Gasteiger partial charge is 0.493 e. The van der Waals surface area contributed by atoms with E-state index < -0.39 is 0 Å². The Labute approximate surface area is 113 Å².